The highest BCUT2D eigenvalue weighted by Crippen LogP contribution is 2.30. The van der Waals surface area contributed by atoms with Crippen LogP contribution < -0.4 is 9.47 Å². The van der Waals surface area contributed by atoms with Crippen molar-refractivity contribution in [3.05, 3.63) is 56.5 Å². The number of hydrogen-bond acceptors (Lipinski definition) is 4. The maximum absolute atomic E-state index is 8.98. The maximum atomic E-state index is 8.98. The van der Waals surface area contributed by atoms with Crippen LogP contribution in [0.25, 0.3) is 0 Å². The maximum Gasteiger partial charge on any atom is 0.123 e. The number of aliphatic hydroxyl groups is 2. The normalized spacial score (nSPS) is 20.6. The van der Waals surface area contributed by atoms with Gasteiger partial charge in [0.05, 0.1) is 13.2 Å². The van der Waals surface area contributed by atoms with Gasteiger partial charge >= 0.3 is 0 Å². The zero-order valence-corrected chi connectivity index (χ0v) is 17.5. The van der Waals surface area contributed by atoms with Gasteiger partial charge < -0.3 is 19.7 Å². The van der Waals surface area contributed by atoms with Crippen molar-refractivity contribution in [1.29, 1.82) is 0 Å². The Morgan fingerprint density at radius 2 is 1.19 bits per heavy atom. The second-order valence-corrected chi connectivity index (χ2v) is 8.46. The summed E-state index contributed by atoms with van der Waals surface area (Å²) in [6, 6.07) is 12.0. The summed E-state index contributed by atoms with van der Waals surface area (Å²) in [6.07, 6.45) is 1.83. The fourth-order valence-corrected chi connectivity index (χ4v) is 3.73. The third-order valence-electron chi connectivity index (χ3n) is 4.54. The van der Waals surface area contributed by atoms with Crippen LogP contribution in [0, 0.1) is 11.8 Å². The summed E-state index contributed by atoms with van der Waals surface area (Å²) in [5.41, 5.74) is 2.38. The third-order valence-corrected chi connectivity index (χ3v) is 5.53. The van der Waals surface area contributed by atoms with E-state index in [2.05, 4.69) is 31.9 Å². The SMILES string of the molecule is OCC1COc2cc(Br)ccc2C1.OCC1COc2cc(Br)ccc2C1. The summed E-state index contributed by atoms with van der Waals surface area (Å²) in [4.78, 5) is 0. The number of ether oxygens (including phenoxy) is 2. The summed E-state index contributed by atoms with van der Waals surface area (Å²) in [7, 11) is 0. The highest BCUT2D eigenvalue weighted by atomic mass is 79.9. The lowest BCUT2D eigenvalue weighted by Gasteiger charge is -2.23. The van der Waals surface area contributed by atoms with Crippen molar-refractivity contribution in [2.24, 2.45) is 11.8 Å². The molecular weight excluding hydrogens is 464 g/mol. The Bertz CT molecular complexity index is 687. The van der Waals surface area contributed by atoms with Crippen LogP contribution in [0.3, 0.4) is 0 Å². The van der Waals surface area contributed by atoms with E-state index in [0.717, 1.165) is 33.3 Å². The standard InChI is InChI=1S/2C10H11BrO2/c2*11-9-2-1-8-3-7(5-12)6-13-10(8)4-9/h2*1-2,4,7,12H,3,5-6H2. The molecule has 0 aliphatic carbocycles. The molecule has 4 nitrogen and oxygen atoms in total. The van der Waals surface area contributed by atoms with Crippen LogP contribution in [0.5, 0.6) is 11.5 Å². The van der Waals surface area contributed by atoms with Gasteiger partial charge in [0.25, 0.3) is 0 Å². The number of halogens is 2. The van der Waals surface area contributed by atoms with E-state index < -0.39 is 0 Å². The Labute approximate surface area is 170 Å². The molecule has 0 saturated heterocycles. The first kappa shape index (κ1) is 19.7. The lowest BCUT2D eigenvalue weighted by atomic mass is 9.98. The van der Waals surface area contributed by atoms with Crippen molar-refractivity contribution in [2.75, 3.05) is 26.4 Å². The summed E-state index contributed by atoms with van der Waals surface area (Å²) in [5, 5.41) is 18.0. The van der Waals surface area contributed by atoms with Gasteiger partial charge in [-0.05, 0) is 48.2 Å². The summed E-state index contributed by atoms with van der Waals surface area (Å²) >= 11 is 6.79. The first-order chi connectivity index (χ1) is 12.6. The van der Waals surface area contributed by atoms with Crippen LogP contribution in [0.1, 0.15) is 11.1 Å². The topological polar surface area (TPSA) is 58.9 Å². The molecule has 2 aromatic rings. The molecule has 26 heavy (non-hydrogen) atoms. The van der Waals surface area contributed by atoms with E-state index in [1.807, 2.05) is 36.4 Å². The smallest absolute Gasteiger partial charge is 0.123 e. The second kappa shape index (κ2) is 9.22. The average molecular weight is 486 g/mol. The zero-order chi connectivity index (χ0) is 18.5. The quantitative estimate of drug-likeness (QED) is 0.675. The van der Waals surface area contributed by atoms with E-state index in [9.17, 15) is 0 Å². The van der Waals surface area contributed by atoms with E-state index in [-0.39, 0.29) is 25.0 Å². The van der Waals surface area contributed by atoms with Gasteiger partial charge in [-0.3, -0.25) is 0 Å². The Kier molecular flexibility index (Phi) is 6.98. The molecule has 0 fully saturated rings. The molecule has 0 amide bonds. The molecule has 0 aromatic heterocycles. The van der Waals surface area contributed by atoms with Gasteiger partial charge in [0.1, 0.15) is 11.5 Å². The molecule has 140 valence electrons. The van der Waals surface area contributed by atoms with Crippen molar-refractivity contribution in [2.45, 2.75) is 12.8 Å². The fourth-order valence-electron chi connectivity index (χ4n) is 3.05. The first-order valence-corrected chi connectivity index (χ1v) is 10.2. The summed E-state index contributed by atoms with van der Waals surface area (Å²) in [6.45, 7) is 1.66. The summed E-state index contributed by atoms with van der Waals surface area (Å²) < 4.78 is 13.1. The van der Waals surface area contributed by atoms with Crippen LogP contribution in [0.4, 0.5) is 0 Å². The molecule has 0 bridgehead atoms. The lowest BCUT2D eigenvalue weighted by Crippen LogP contribution is -2.23. The monoisotopic (exact) mass is 484 g/mol. The van der Waals surface area contributed by atoms with E-state index >= 15 is 0 Å². The molecule has 2 aliphatic rings. The molecule has 2 N–H and O–H groups in total. The Morgan fingerprint density at radius 1 is 0.769 bits per heavy atom. The summed E-state index contributed by atoms with van der Waals surface area (Å²) in [5.74, 6) is 2.40. The minimum atomic E-state index is 0.204. The van der Waals surface area contributed by atoms with Gasteiger partial charge in [0, 0.05) is 34.0 Å². The molecule has 6 heteroatoms. The molecule has 2 heterocycles. The van der Waals surface area contributed by atoms with Gasteiger partial charge in [-0.1, -0.05) is 44.0 Å². The van der Waals surface area contributed by atoms with Gasteiger partial charge in [0.15, 0.2) is 0 Å². The molecule has 2 aromatic carbocycles. The third kappa shape index (κ3) is 5.00. The predicted molar refractivity (Wildman–Crippen MR) is 108 cm³/mol. The average Bonchev–Trinajstić information content (AvgIpc) is 2.67. The number of rotatable bonds is 2. The Balaban J connectivity index is 0.000000151. The van der Waals surface area contributed by atoms with Gasteiger partial charge in [-0.15, -0.1) is 0 Å². The lowest BCUT2D eigenvalue weighted by molar-refractivity contribution is 0.146. The van der Waals surface area contributed by atoms with E-state index in [1.54, 1.807) is 0 Å². The van der Waals surface area contributed by atoms with Crippen LogP contribution in [-0.2, 0) is 12.8 Å². The van der Waals surface area contributed by atoms with Crippen LogP contribution in [-0.4, -0.2) is 36.6 Å². The molecule has 2 unspecified atom stereocenters. The van der Waals surface area contributed by atoms with Gasteiger partial charge in [-0.25, -0.2) is 0 Å². The van der Waals surface area contributed by atoms with Crippen molar-refractivity contribution in [1.82, 2.24) is 0 Å². The molecule has 0 radical (unpaired) electrons. The van der Waals surface area contributed by atoms with E-state index in [1.165, 1.54) is 11.1 Å². The van der Waals surface area contributed by atoms with Crippen LogP contribution >= 0.6 is 31.9 Å². The molecule has 2 aliphatic heterocycles. The number of aliphatic hydroxyl groups excluding tert-OH is 2. The molecular formula is C20H22Br2O4. The largest absolute Gasteiger partial charge is 0.493 e. The first-order valence-electron chi connectivity index (χ1n) is 8.63. The highest BCUT2D eigenvalue weighted by Gasteiger charge is 2.19. The fraction of sp³-hybridized carbons (Fsp3) is 0.400. The Morgan fingerprint density at radius 3 is 1.58 bits per heavy atom. The molecule has 0 saturated carbocycles. The van der Waals surface area contributed by atoms with Gasteiger partial charge in [-0.2, -0.15) is 0 Å². The van der Waals surface area contributed by atoms with Crippen molar-refractivity contribution < 1.29 is 19.7 Å². The Hall–Kier alpha value is -1.08. The van der Waals surface area contributed by atoms with E-state index in [4.69, 9.17) is 19.7 Å². The molecule has 0 spiro atoms. The molecule has 2 atom stereocenters. The van der Waals surface area contributed by atoms with Crippen LogP contribution in [0.15, 0.2) is 45.3 Å². The number of fused-ring (bicyclic) bond motifs is 2. The van der Waals surface area contributed by atoms with Crippen molar-refractivity contribution >= 4 is 31.9 Å². The van der Waals surface area contributed by atoms with Crippen LogP contribution in [0.2, 0.25) is 0 Å². The molecule has 4 rings (SSSR count). The van der Waals surface area contributed by atoms with Crippen molar-refractivity contribution in [3.8, 4) is 11.5 Å². The van der Waals surface area contributed by atoms with Crippen molar-refractivity contribution in [3.63, 3.8) is 0 Å². The number of hydrogen-bond donors (Lipinski definition) is 2. The minimum absolute atomic E-state index is 0.204. The van der Waals surface area contributed by atoms with E-state index in [0.29, 0.717) is 13.2 Å². The highest BCUT2D eigenvalue weighted by molar-refractivity contribution is 9.10. The second-order valence-electron chi connectivity index (χ2n) is 6.63. The van der Waals surface area contributed by atoms with Gasteiger partial charge in [0.2, 0.25) is 0 Å². The minimum Gasteiger partial charge on any atom is -0.493 e. The predicted octanol–water partition coefficient (Wildman–Crippen LogP) is 3.99. The number of benzene rings is 2. The zero-order valence-electron chi connectivity index (χ0n) is 14.3.